The average molecular weight is 474 g/mol. The van der Waals surface area contributed by atoms with Crippen LogP contribution >= 0.6 is 0 Å². The van der Waals surface area contributed by atoms with E-state index in [2.05, 4.69) is 46.5 Å². The van der Waals surface area contributed by atoms with Crippen LogP contribution in [0, 0.1) is 20.8 Å². The number of carbonyl (C=O) groups excluding carboxylic acids is 1. The molecule has 1 aliphatic heterocycles. The molecule has 0 fully saturated rings. The lowest BCUT2D eigenvalue weighted by atomic mass is 9.84. The molecule has 2 aromatic heterocycles. The second kappa shape index (κ2) is 10.0. The maximum Gasteiger partial charge on any atom is 0.287 e. The largest absolute Gasteiger partial charge is 0.487 e. The van der Waals surface area contributed by atoms with Crippen molar-refractivity contribution in [3.05, 3.63) is 94.4 Å². The highest BCUT2D eigenvalue weighted by Crippen LogP contribution is 2.41. The van der Waals surface area contributed by atoms with Crippen molar-refractivity contribution in [2.24, 2.45) is 0 Å². The summed E-state index contributed by atoms with van der Waals surface area (Å²) in [5.41, 5.74) is 6.07. The van der Waals surface area contributed by atoms with E-state index >= 15 is 0 Å². The summed E-state index contributed by atoms with van der Waals surface area (Å²) in [5.74, 6) is 2.58. The van der Waals surface area contributed by atoms with Gasteiger partial charge in [-0.1, -0.05) is 12.2 Å². The maximum absolute atomic E-state index is 12.9. The Bertz CT molecular complexity index is 1240. The van der Waals surface area contributed by atoms with Gasteiger partial charge < -0.3 is 18.9 Å². The Morgan fingerprint density at radius 3 is 2.69 bits per heavy atom. The second-order valence-corrected chi connectivity index (χ2v) is 9.94. The molecule has 1 N–H and O–H groups in total. The molecule has 35 heavy (non-hydrogen) atoms. The summed E-state index contributed by atoms with van der Waals surface area (Å²) in [6.07, 6.45) is 10.4. The smallest absolute Gasteiger partial charge is 0.287 e. The number of fused-ring (bicyclic) bond motifs is 1. The molecule has 1 atom stereocenters. The van der Waals surface area contributed by atoms with Gasteiger partial charge in [-0.15, -0.1) is 6.58 Å². The first-order chi connectivity index (χ1) is 16.7. The van der Waals surface area contributed by atoms with Crippen molar-refractivity contribution in [2.45, 2.75) is 71.9 Å². The van der Waals surface area contributed by atoms with Gasteiger partial charge in [0.25, 0.3) is 5.91 Å². The molecule has 5 heteroatoms. The van der Waals surface area contributed by atoms with Crippen molar-refractivity contribution in [3.63, 3.8) is 0 Å². The molecule has 3 heterocycles. The monoisotopic (exact) mass is 473 g/mol. The summed E-state index contributed by atoms with van der Waals surface area (Å²) in [5, 5.41) is 3.01. The van der Waals surface area contributed by atoms with Crippen molar-refractivity contribution >= 4 is 12.0 Å². The van der Waals surface area contributed by atoms with Crippen LogP contribution in [-0.4, -0.2) is 17.6 Å². The SMILES string of the molecule is C=CCC(/C=C/c1ccco1)NC(=O)c1ccc(Cc2c(C)c(C)c3c(c2C)CCC(C)(C)O3)o1. The zero-order chi connectivity index (χ0) is 25.2. The van der Waals surface area contributed by atoms with Crippen molar-refractivity contribution in [3.8, 4) is 5.75 Å². The Kier molecular flexibility index (Phi) is 7.06. The lowest BCUT2D eigenvalue weighted by Crippen LogP contribution is -2.33. The molecule has 0 bridgehead atoms. The third-order valence-corrected chi connectivity index (χ3v) is 6.90. The molecule has 0 spiro atoms. The van der Waals surface area contributed by atoms with Gasteiger partial charge in [0.15, 0.2) is 5.76 Å². The number of rotatable bonds is 8. The Hall–Kier alpha value is -3.47. The van der Waals surface area contributed by atoms with Gasteiger partial charge in [-0.3, -0.25) is 4.79 Å². The molecule has 0 saturated heterocycles. The summed E-state index contributed by atoms with van der Waals surface area (Å²) >= 11 is 0. The molecule has 1 aliphatic rings. The van der Waals surface area contributed by atoms with E-state index in [9.17, 15) is 4.79 Å². The van der Waals surface area contributed by atoms with E-state index in [1.807, 2.05) is 30.4 Å². The minimum Gasteiger partial charge on any atom is -0.487 e. The van der Waals surface area contributed by atoms with E-state index in [0.29, 0.717) is 18.6 Å². The molecule has 0 radical (unpaired) electrons. The number of ether oxygens (including phenoxy) is 1. The van der Waals surface area contributed by atoms with E-state index in [4.69, 9.17) is 13.6 Å². The van der Waals surface area contributed by atoms with Crippen LogP contribution in [0.25, 0.3) is 6.08 Å². The van der Waals surface area contributed by atoms with Gasteiger partial charge >= 0.3 is 0 Å². The fourth-order valence-corrected chi connectivity index (χ4v) is 4.69. The summed E-state index contributed by atoms with van der Waals surface area (Å²) in [6, 6.07) is 7.11. The molecular formula is C30H35NO4. The van der Waals surface area contributed by atoms with E-state index < -0.39 is 0 Å². The van der Waals surface area contributed by atoms with Crippen LogP contribution < -0.4 is 10.1 Å². The third-order valence-electron chi connectivity index (χ3n) is 6.90. The predicted molar refractivity (Wildman–Crippen MR) is 139 cm³/mol. The molecule has 3 aromatic rings. The molecule has 1 amide bonds. The number of furan rings is 2. The first-order valence-electron chi connectivity index (χ1n) is 12.2. The van der Waals surface area contributed by atoms with Crippen LogP contribution in [0.15, 0.2) is 58.1 Å². The van der Waals surface area contributed by atoms with E-state index in [1.165, 1.54) is 27.8 Å². The van der Waals surface area contributed by atoms with Crippen LogP contribution in [0.4, 0.5) is 0 Å². The van der Waals surface area contributed by atoms with E-state index in [1.54, 1.807) is 18.4 Å². The van der Waals surface area contributed by atoms with E-state index in [-0.39, 0.29) is 17.6 Å². The topological polar surface area (TPSA) is 64.6 Å². The second-order valence-electron chi connectivity index (χ2n) is 9.94. The predicted octanol–water partition coefficient (Wildman–Crippen LogP) is 6.88. The molecule has 0 aliphatic carbocycles. The molecule has 1 aromatic carbocycles. The van der Waals surface area contributed by atoms with Crippen molar-refractivity contribution in [1.82, 2.24) is 5.32 Å². The summed E-state index contributed by atoms with van der Waals surface area (Å²) < 4.78 is 17.7. The van der Waals surface area contributed by atoms with Gasteiger partial charge in [0.2, 0.25) is 0 Å². The zero-order valence-corrected chi connectivity index (χ0v) is 21.4. The molecule has 0 saturated carbocycles. The van der Waals surface area contributed by atoms with Crippen molar-refractivity contribution in [1.29, 1.82) is 0 Å². The first kappa shape index (κ1) is 24.6. The Morgan fingerprint density at radius 1 is 1.17 bits per heavy atom. The highest BCUT2D eigenvalue weighted by Gasteiger charge is 2.30. The number of carbonyl (C=O) groups is 1. The minimum absolute atomic E-state index is 0.141. The normalized spacial score (nSPS) is 15.5. The summed E-state index contributed by atoms with van der Waals surface area (Å²) in [7, 11) is 0. The fraction of sp³-hybridized carbons (Fsp3) is 0.367. The van der Waals surface area contributed by atoms with Gasteiger partial charge in [-0.25, -0.2) is 0 Å². The number of hydrogen-bond donors (Lipinski definition) is 1. The first-order valence-corrected chi connectivity index (χ1v) is 12.2. The number of hydrogen-bond acceptors (Lipinski definition) is 4. The number of nitrogens with one attached hydrogen (secondary N) is 1. The van der Waals surface area contributed by atoms with Gasteiger partial charge in [0.05, 0.1) is 12.3 Å². The van der Waals surface area contributed by atoms with E-state index in [0.717, 1.165) is 30.1 Å². The molecule has 1 unspecified atom stereocenters. The highest BCUT2D eigenvalue weighted by molar-refractivity contribution is 5.91. The molecule has 5 nitrogen and oxygen atoms in total. The Balaban J connectivity index is 1.50. The Morgan fingerprint density at radius 2 is 1.97 bits per heavy atom. The van der Waals surface area contributed by atoms with Crippen LogP contribution in [0.2, 0.25) is 0 Å². The molecular weight excluding hydrogens is 438 g/mol. The molecule has 184 valence electrons. The number of amides is 1. The van der Waals surface area contributed by atoms with Crippen LogP contribution in [0.1, 0.15) is 76.6 Å². The summed E-state index contributed by atoms with van der Waals surface area (Å²) in [6.45, 7) is 14.5. The standard InChI is InChI=1S/C30H35NO4/c1-7-9-22(11-12-23-10-8-17-33-23)31-29(32)27-14-13-24(34-27)18-26-19(2)20(3)28-25(21(26)4)15-16-30(5,6)35-28/h7-8,10-14,17,22H,1,9,15-16,18H2,2-6H3,(H,31,32)/b12-11+. The van der Waals surface area contributed by atoms with Crippen LogP contribution in [-0.2, 0) is 12.8 Å². The quantitative estimate of drug-likeness (QED) is 0.362. The zero-order valence-electron chi connectivity index (χ0n) is 21.4. The van der Waals surface area contributed by atoms with Crippen LogP contribution in [0.5, 0.6) is 5.75 Å². The maximum atomic E-state index is 12.9. The van der Waals surface area contributed by atoms with Gasteiger partial charge in [-0.2, -0.15) is 0 Å². The van der Waals surface area contributed by atoms with Gasteiger partial charge in [-0.05, 0) is 112 Å². The average Bonchev–Trinajstić information content (AvgIpc) is 3.50. The lowest BCUT2D eigenvalue weighted by Gasteiger charge is -2.35. The third kappa shape index (κ3) is 5.45. The van der Waals surface area contributed by atoms with Crippen molar-refractivity contribution < 1.29 is 18.4 Å². The van der Waals surface area contributed by atoms with Crippen molar-refractivity contribution in [2.75, 3.05) is 0 Å². The fourth-order valence-electron chi connectivity index (χ4n) is 4.69. The highest BCUT2D eigenvalue weighted by atomic mass is 16.5. The summed E-state index contributed by atoms with van der Waals surface area (Å²) in [4.78, 5) is 12.9. The van der Waals surface area contributed by atoms with Gasteiger partial charge in [0.1, 0.15) is 22.9 Å². The lowest BCUT2D eigenvalue weighted by molar-refractivity contribution is 0.0833. The number of benzene rings is 1. The van der Waals surface area contributed by atoms with Gasteiger partial charge in [0, 0.05) is 6.42 Å². The van der Waals surface area contributed by atoms with Crippen LogP contribution in [0.3, 0.4) is 0 Å². The molecule has 4 rings (SSSR count). The Labute approximate surface area is 207 Å². The minimum atomic E-state index is -0.252.